The van der Waals surface area contributed by atoms with Crippen LogP contribution in [0, 0.1) is 0 Å². The summed E-state index contributed by atoms with van der Waals surface area (Å²) in [7, 11) is 0. The third-order valence-corrected chi connectivity index (χ3v) is 4.86. The molecule has 0 spiro atoms. The van der Waals surface area contributed by atoms with Gasteiger partial charge in [-0.15, -0.1) is 0 Å². The van der Waals surface area contributed by atoms with Crippen molar-refractivity contribution < 1.29 is 29.0 Å². The zero-order valence-corrected chi connectivity index (χ0v) is 22.9. The molecule has 0 aliphatic heterocycles. The predicted molar refractivity (Wildman–Crippen MR) is 137 cm³/mol. The molecule has 10 nitrogen and oxygen atoms in total. The molecular weight excluding hydrogens is 464 g/mol. The standard InChI is InChI=1S/C26H42N4O6/c1-24(2,3)29-21(33)20(16-12-10-11-13-18(16)31)30(25(4,5)6)22(34)17(14-15-19(27)32)28-23(35)36-26(7,8)9/h10-13,17,20,31H,14-15H2,1-9H3,(H2,27,32)(H,28,35)(H,29,33). The second-order valence-corrected chi connectivity index (χ2v) is 11.8. The van der Waals surface area contributed by atoms with Crippen molar-refractivity contribution in [3.8, 4) is 5.75 Å². The number of para-hydroxylation sites is 1. The second-order valence-electron chi connectivity index (χ2n) is 11.8. The van der Waals surface area contributed by atoms with Crippen LogP contribution >= 0.6 is 0 Å². The van der Waals surface area contributed by atoms with Crippen LogP contribution in [-0.2, 0) is 19.1 Å². The fraction of sp³-hybridized carbons (Fsp3) is 0.615. The van der Waals surface area contributed by atoms with Crippen LogP contribution in [-0.4, -0.2) is 56.5 Å². The minimum atomic E-state index is -1.24. The zero-order valence-electron chi connectivity index (χ0n) is 22.9. The number of amides is 4. The molecule has 202 valence electrons. The Labute approximate surface area is 213 Å². The molecule has 0 saturated heterocycles. The first-order chi connectivity index (χ1) is 16.2. The van der Waals surface area contributed by atoms with Gasteiger partial charge in [0.15, 0.2) is 0 Å². The average molecular weight is 507 g/mol. The highest BCUT2D eigenvalue weighted by Crippen LogP contribution is 2.35. The Morgan fingerprint density at radius 2 is 1.56 bits per heavy atom. The Balaban J connectivity index is 3.63. The number of phenolic OH excluding ortho intramolecular Hbond substituents is 1. The molecule has 4 amide bonds. The number of primary amides is 1. The van der Waals surface area contributed by atoms with E-state index >= 15 is 0 Å². The minimum absolute atomic E-state index is 0.103. The van der Waals surface area contributed by atoms with E-state index < -0.39 is 52.6 Å². The van der Waals surface area contributed by atoms with Crippen LogP contribution in [0.4, 0.5) is 4.79 Å². The lowest BCUT2D eigenvalue weighted by molar-refractivity contribution is -0.149. The number of carbonyl (C=O) groups is 4. The van der Waals surface area contributed by atoms with Gasteiger partial charge in [-0.1, -0.05) is 18.2 Å². The molecule has 0 radical (unpaired) electrons. The molecule has 0 bridgehead atoms. The normalized spacial score (nSPS) is 13.8. The van der Waals surface area contributed by atoms with Crippen molar-refractivity contribution in [3.63, 3.8) is 0 Å². The highest BCUT2D eigenvalue weighted by Gasteiger charge is 2.43. The molecule has 1 rings (SSSR count). The number of hydrogen-bond donors (Lipinski definition) is 4. The van der Waals surface area contributed by atoms with Gasteiger partial charge >= 0.3 is 6.09 Å². The van der Waals surface area contributed by atoms with E-state index in [9.17, 15) is 24.3 Å². The fourth-order valence-electron chi connectivity index (χ4n) is 3.56. The Kier molecular flexibility index (Phi) is 9.92. The fourth-order valence-corrected chi connectivity index (χ4v) is 3.56. The maximum atomic E-state index is 14.0. The summed E-state index contributed by atoms with van der Waals surface area (Å²) in [6.45, 7) is 15.7. The molecule has 0 aromatic heterocycles. The number of nitrogens with zero attached hydrogens (tertiary/aromatic N) is 1. The summed E-state index contributed by atoms with van der Waals surface area (Å²) in [6.07, 6.45) is -1.13. The van der Waals surface area contributed by atoms with E-state index in [1.54, 1.807) is 80.5 Å². The zero-order chi connectivity index (χ0) is 28.1. The quantitative estimate of drug-likeness (QED) is 0.425. The van der Waals surface area contributed by atoms with E-state index in [2.05, 4.69) is 10.6 Å². The first-order valence-corrected chi connectivity index (χ1v) is 11.9. The number of carbonyl (C=O) groups excluding carboxylic acids is 4. The lowest BCUT2D eigenvalue weighted by Crippen LogP contribution is -2.59. The van der Waals surface area contributed by atoms with Gasteiger partial charge in [-0.05, 0) is 74.8 Å². The van der Waals surface area contributed by atoms with Crippen LogP contribution < -0.4 is 16.4 Å². The molecule has 2 unspecified atom stereocenters. The van der Waals surface area contributed by atoms with Gasteiger partial charge in [0.25, 0.3) is 0 Å². The third kappa shape index (κ3) is 9.75. The van der Waals surface area contributed by atoms with Crippen LogP contribution in [0.15, 0.2) is 24.3 Å². The summed E-state index contributed by atoms with van der Waals surface area (Å²) in [5, 5.41) is 16.1. The predicted octanol–water partition coefficient (Wildman–Crippen LogP) is 3.13. The summed E-state index contributed by atoms with van der Waals surface area (Å²) in [4.78, 5) is 53.0. The molecule has 0 fully saturated rings. The highest BCUT2D eigenvalue weighted by molar-refractivity contribution is 5.93. The first kappa shape index (κ1) is 30.7. The van der Waals surface area contributed by atoms with Crippen LogP contribution in [0.5, 0.6) is 5.75 Å². The van der Waals surface area contributed by atoms with E-state index in [0.717, 1.165) is 0 Å². The van der Waals surface area contributed by atoms with Crippen LogP contribution in [0.1, 0.15) is 86.8 Å². The molecule has 0 aliphatic carbocycles. The number of ether oxygens (including phenoxy) is 1. The van der Waals surface area contributed by atoms with E-state index in [0.29, 0.717) is 0 Å². The number of hydrogen-bond acceptors (Lipinski definition) is 6. The summed E-state index contributed by atoms with van der Waals surface area (Å²) in [6, 6.07) is 3.80. The van der Waals surface area contributed by atoms with E-state index in [1.165, 1.54) is 11.0 Å². The van der Waals surface area contributed by atoms with Gasteiger partial charge in [0.05, 0.1) is 0 Å². The number of alkyl carbamates (subject to hydrolysis) is 1. The number of phenols is 1. The molecule has 0 aliphatic rings. The van der Waals surface area contributed by atoms with Crippen molar-refractivity contribution in [3.05, 3.63) is 29.8 Å². The Morgan fingerprint density at radius 3 is 2.00 bits per heavy atom. The second kappa shape index (κ2) is 11.6. The molecule has 10 heteroatoms. The Morgan fingerprint density at radius 1 is 1.00 bits per heavy atom. The summed E-state index contributed by atoms with van der Waals surface area (Å²) in [5.41, 5.74) is 3.13. The minimum Gasteiger partial charge on any atom is -0.508 e. The maximum Gasteiger partial charge on any atom is 0.408 e. The van der Waals surface area contributed by atoms with Crippen molar-refractivity contribution in [2.75, 3.05) is 0 Å². The molecule has 2 atom stereocenters. The van der Waals surface area contributed by atoms with Gasteiger partial charge in [-0.2, -0.15) is 0 Å². The highest BCUT2D eigenvalue weighted by atomic mass is 16.6. The van der Waals surface area contributed by atoms with Gasteiger partial charge in [0.1, 0.15) is 23.4 Å². The van der Waals surface area contributed by atoms with E-state index in [4.69, 9.17) is 10.5 Å². The van der Waals surface area contributed by atoms with Crippen LogP contribution in [0.2, 0.25) is 0 Å². The molecule has 5 N–H and O–H groups in total. The molecule has 1 aromatic rings. The van der Waals surface area contributed by atoms with Crippen LogP contribution in [0.3, 0.4) is 0 Å². The molecule has 0 heterocycles. The van der Waals surface area contributed by atoms with Crippen LogP contribution in [0.25, 0.3) is 0 Å². The van der Waals surface area contributed by atoms with Crippen molar-refractivity contribution >= 4 is 23.8 Å². The molecule has 1 aromatic carbocycles. The van der Waals surface area contributed by atoms with Crippen molar-refractivity contribution in [2.45, 2.75) is 104 Å². The molecule has 36 heavy (non-hydrogen) atoms. The number of nitrogens with two attached hydrogens (primary N) is 1. The number of nitrogens with one attached hydrogen (secondary N) is 2. The molecule has 0 saturated carbocycles. The smallest absolute Gasteiger partial charge is 0.408 e. The SMILES string of the molecule is CC(C)(C)NC(=O)C(c1ccccc1O)N(C(=O)C(CCC(N)=O)NC(=O)OC(C)(C)C)C(C)(C)C. The Hall–Kier alpha value is -3.30. The number of benzene rings is 1. The van der Waals surface area contributed by atoms with Gasteiger partial charge in [-0.25, -0.2) is 4.79 Å². The van der Waals surface area contributed by atoms with Gasteiger partial charge in [0.2, 0.25) is 17.7 Å². The lowest BCUT2D eigenvalue weighted by Gasteiger charge is -2.43. The summed E-state index contributed by atoms with van der Waals surface area (Å²) in [5.74, 6) is -1.96. The third-order valence-electron chi connectivity index (χ3n) is 4.86. The van der Waals surface area contributed by atoms with Gasteiger partial charge in [-0.3, -0.25) is 14.4 Å². The first-order valence-electron chi connectivity index (χ1n) is 11.9. The number of aromatic hydroxyl groups is 1. The average Bonchev–Trinajstić information content (AvgIpc) is 2.65. The van der Waals surface area contributed by atoms with Crippen molar-refractivity contribution in [2.24, 2.45) is 5.73 Å². The topological polar surface area (TPSA) is 151 Å². The van der Waals surface area contributed by atoms with Gasteiger partial charge in [0, 0.05) is 23.1 Å². The largest absolute Gasteiger partial charge is 0.508 e. The monoisotopic (exact) mass is 506 g/mol. The number of rotatable bonds is 8. The Bertz CT molecular complexity index is 956. The van der Waals surface area contributed by atoms with Crippen molar-refractivity contribution in [1.82, 2.24) is 15.5 Å². The van der Waals surface area contributed by atoms with E-state index in [1.807, 2.05) is 0 Å². The summed E-state index contributed by atoms with van der Waals surface area (Å²) < 4.78 is 5.31. The summed E-state index contributed by atoms with van der Waals surface area (Å²) >= 11 is 0. The maximum absolute atomic E-state index is 14.0. The van der Waals surface area contributed by atoms with Gasteiger partial charge < -0.3 is 31.1 Å². The van der Waals surface area contributed by atoms with E-state index in [-0.39, 0.29) is 24.2 Å². The lowest BCUT2D eigenvalue weighted by atomic mass is 9.93. The molecular formula is C26H42N4O6. The van der Waals surface area contributed by atoms with Crippen molar-refractivity contribution in [1.29, 1.82) is 0 Å².